The third-order valence-corrected chi connectivity index (χ3v) is 6.02. The maximum Gasteiger partial charge on any atom is 0.129 e. The van der Waals surface area contributed by atoms with Crippen LogP contribution in [0.2, 0.25) is 0 Å². The van der Waals surface area contributed by atoms with E-state index in [1.165, 1.54) is 27.6 Å². The maximum absolute atomic E-state index is 6.29. The lowest BCUT2D eigenvalue weighted by Gasteiger charge is -2.18. The molecule has 0 spiro atoms. The van der Waals surface area contributed by atoms with E-state index in [-0.39, 0.29) is 0 Å². The molecule has 1 heterocycles. The summed E-state index contributed by atoms with van der Waals surface area (Å²) in [6.07, 6.45) is 2.72. The minimum Gasteiger partial charge on any atom is -0.488 e. The minimum absolute atomic E-state index is 0.400. The fourth-order valence-electron chi connectivity index (χ4n) is 4.25. The van der Waals surface area contributed by atoms with Gasteiger partial charge in [-0.25, -0.2) is 0 Å². The highest BCUT2D eigenvalue weighted by Crippen LogP contribution is 2.30. The normalized spacial score (nSPS) is 12.0. The Morgan fingerprint density at radius 1 is 1.00 bits per heavy atom. The van der Waals surface area contributed by atoms with Crippen LogP contribution in [-0.2, 0) is 20.1 Å². The van der Waals surface area contributed by atoms with Crippen molar-refractivity contribution in [2.75, 3.05) is 0 Å². The van der Waals surface area contributed by atoms with Gasteiger partial charge in [0.05, 0.1) is 5.71 Å². The van der Waals surface area contributed by atoms with Gasteiger partial charge in [0.25, 0.3) is 0 Å². The van der Waals surface area contributed by atoms with Crippen LogP contribution in [0.1, 0.15) is 47.6 Å². The van der Waals surface area contributed by atoms with Gasteiger partial charge in [-0.2, -0.15) is 5.10 Å². The highest BCUT2D eigenvalue weighted by Gasteiger charge is 2.17. The molecule has 4 heteroatoms. The molecule has 0 saturated heterocycles. The molecule has 0 radical (unpaired) electrons. The molecular weight excluding hydrogens is 394 g/mol. The summed E-state index contributed by atoms with van der Waals surface area (Å²) in [5.41, 5.74) is 7.81. The Bertz CT molecular complexity index is 1250. The third-order valence-electron chi connectivity index (χ3n) is 6.02. The van der Waals surface area contributed by atoms with Crippen LogP contribution in [0.25, 0.3) is 10.9 Å². The second kappa shape index (κ2) is 9.31. The molecule has 0 fully saturated rings. The van der Waals surface area contributed by atoms with Crippen LogP contribution in [-0.4, -0.2) is 10.3 Å². The Morgan fingerprint density at radius 3 is 2.50 bits per heavy atom. The summed E-state index contributed by atoms with van der Waals surface area (Å²) in [7, 11) is 2.06. The van der Waals surface area contributed by atoms with Crippen molar-refractivity contribution in [3.63, 3.8) is 0 Å². The van der Waals surface area contributed by atoms with Crippen LogP contribution >= 0.6 is 0 Å². The van der Waals surface area contributed by atoms with Crippen LogP contribution < -0.4 is 10.6 Å². The zero-order valence-electron chi connectivity index (χ0n) is 19.3. The van der Waals surface area contributed by atoms with Crippen molar-refractivity contribution in [2.45, 2.75) is 39.7 Å². The third kappa shape index (κ3) is 4.54. The minimum atomic E-state index is 0.400. The summed E-state index contributed by atoms with van der Waals surface area (Å²) in [6, 6.07) is 23.2. The van der Waals surface area contributed by atoms with E-state index >= 15 is 0 Å². The molecule has 1 aromatic heterocycles. The van der Waals surface area contributed by atoms with E-state index in [9.17, 15) is 0 Å². The summed E-state index contributed by atoms with van der Waals surface area (Å²) in [6.45, 7) is 7.05. The number of aryl methyl sites for hydroxylation is 2. The van der Waals surface area contributed by atoms with Crippen molar-refractivity contribution < 1.29 is 4.74 Å². The van der Waals surface area contributed by atoms with Gasteiger partial charge < -0.3 is 15.1 Å². The second-order valence-electron chi connectivity index (χ2n) is 8.71. The van der Waals surface area contributed by atoms with Crippen LogP contribution in [0.5, 0.6) is 5.75 Å². The van der Waals surface area contributed by atoms with Gasteiger partial charge in [0.1, 0.15) is 12.4 Å². The van der Waals surface area contributed by atoms with Gasteiger partial charge in [0.15, 0.2) is 0 Å². The lowest BCUT2D eigenvalue weighted by Crippen LogP contribution is -2.12. The molecule has 0 amide bonds. The standard InChI is InChI=1S/C28H31N3O/c1-19(2)24-17-25(28(14-20(24)3)32-18-21-8-6-5-7-9-21)26(30-29)16-22-10-11-27-23(15-22)12-13-31(27)4/h5-15,17,19H,16,18,29H2,1-4H3. The monoisotopic (exact) mass is 425 g/mol. The van der Waals surface area contributed by atoms with Crippen molar-refractivity contribution in [1.82, 2.24) is 4.57 Å². The van der Waals surface area contributed by atoms with E-state index in [2.05, 4.69) is 92.2 Å². The van der Waals surface area contributed by atoms with E-state index in [1.54, 1.807) is 0 Å². The zero-order valence-corrected chi connectivity index (χ0v) is 19.3. The lowest BCUT2D eigenvalue weighted by molar-refractivity contribution is 0.305. The average Bonchev–Trinajstić information content (AvgIpc) is 3.16. The molecule has 3 aromatic carbocycles. The predicted molar refractivity (Wildman–Crippen MR) is 133 cm³/mol. The fourth-order valence-corrected chi connectivity index (χ4v) is 4.25. The highest BCUT2D eigenvalue weighted by molar-refractivity contribution is 6.04. The highest BCUT2D eigenvalue weighted by atomic mass is 16.5. The first-order chi connectivity index (χ1) is 15.5. The molecule has 0 aliphatic rings. The van der Waals surface area contributed by atoms with Crippen molar-refractivity contribution in [3.05, 3.63) is 101 Å². The Morgan fingerprint density at radius 2 is 1.78 bits per heavy atom. The van der Waals surface area contributed by atoms with Gasteiger partial charge in [-0.05, 0) is 70.8 Å². The summed E-state index contributed by atoms with van der Waals surface area (Å²) in [5, 5.41) is 5.43. The SMILES string of the molecule is Cc1cc(OCc2ccccc2)c(C(Cc2ccc3c(ccn3C)c2)=NN)cc1C(C)C. The van der Waals surface area contributed by atoms with Gasteiger partial charge in [0, 0.05) is 30.7 Å². The first-order valence-electron chi connectivity index (χ1n) is 11.1. The van der Waals surface area contributed by atoms with Crippen molar-refractivity contribution in [2.24, 2.45) is 18.0 Å². The summed E-state index contributed by atoms with van der Waals surface area (Å²) in [5.74, 6) is 7.16. The summed E-state index contributed by atoms with van der Waals surface area (Å²) in [4.78, 5) is 0. The molecule has 4 nitrogen and oxygen atoms in total. The van der Waals surface area contributed by atoms with Crippen LogP contribution in [0.15, 0.2) is 78.0 Å². The number of aromatic nitrogens is 1. The maximum atomic E-state index is 6.29. The molecule has 2 N–H and O–H groups in total. The molecule has 0 saturated carbocycles. The van der Waals surface area contributed by atoms with Gasteiger partial charge in [-0.3, -0.25) is 0 Å². The second-order valence-corrected chi connectivity index (χ2v) is 8.71. The van der Waals surface area contributed by atoms with Crippen molar-refractivity contribution >= 4 is 16.6 Å². The van der Waals surface area contributed by atoms with Crippen LogP contribution in [0.4, 0.5) is 0 Å². The van der Waals surface area contributed by atoms with Gasteiger partial charge in [-0.1, -0.05) is 50.2 Å². The zero-order chi connectivity index (χ0) is 22.7. The van der Waals surface area contributed by atoms with E-state index in [1.807, 2.05) is 18.2 Å². The Labute approximate surface area is 190 Å². The number of fused-ring (bicyclic) bond motifs is 1. The molecular formula is C28H31N3O. The van der Waals surface area contributed by atoms with E-state index < -0.39 is 0 Å². The lowest BCUT2D eigenvalue weighted by atomic mass is 9.92. The average molecular weight is 426 g/mol. The molecule has 0 unspecified atom stereocenters. The number of hydrogen-bond donors (Lipinski definition) is 1. The largest absolute Gasteiger partial charge is 0.488 e. The molecule has 0 bridgehead atoms. The molecule has 0 aliphatic heterocycles. The molecule has 0 atom stereocenters. The molecule has 4 rings (SSSR count). The van der Waals surface area contributed by atoms with Gasteiger partial charge >= 0.3 is 0 Å². The van der Waals surface area contributed by atoms with Crippen molar-refractivity contribution in [1.29, 1.82) is 0 Å². The molecule has 4 aromatic rings. The van der Waals surface area contributed by atoms with Crippen LogP contribution in [0, 0.1) is 6.92 Å². The first-order valence-corrected chi connectivity index (χ1v) is 11.1. The first kappa shape index (κ1) is 21.7. The number of benzene rings is 3. The van der Waals surface area contributed by atoms with Gasteiger partial charge in [0.2, 0.25) is 0 Å². The molecule has 164 valence electrons. The fraction of sp³-hybridized carbons (Fsp3) is 0.250. The topological polar surface area (TPSA) is 52.5 Å². The summed E-state index contributed by atoms with van der Waals surface area (Å²) >= 11 is 0. The van der Waals surface area contributed by atoms with Crippen molar-refractivity contribution in [3.8, 4) is 5.75 Å². The number of rotatable bonds is 7. The number of hydrazone groups is 1. The summed E-state index contributed by atoms with van der Waals surface area (Å²) < 4.78 is 8.42. The molecule has 32 heavy (non-hydrogen) atoms. The number of ether oxygens (including phenoxy) is 1. The number of hydrogen-bond acceptors (Lipinski definition) is 3. The Balaban J connectivity index is 1.69. The number of nitrogens with zero attached hydrogens (tertiary/aromatic N) is 2. The quantitative estimate of drug-likeness (QED) is 0.221. The van der Waals surface area contributed by atoms with Crippen LogP contribution in [0.3, 0.4) is 0 Å². The Kier molecular flexibility index (Phi) is 6.31. The molecule has 0 aliphatic carbocycles. The van der Waals surface area contributed by atoms with E-state index in [0.717, 1.165) is 22.6 Å². The van der Waals surface area contributed by atoms with Gasteiger partial charge in [-0.15, -0.1) is 0 Å². The number of nitrogens with two attached hydrogens (primary N) is 1. The van der Waals surface area contributed by atoms with E-state index in [4.69, 9.17) is 10.6 Å². The Hall–Kier alpha value is -3.53. The van der Waals surface area contributed by atoms with E-state index in [0.29, 0.717) is 18.9 Å². The predicted octanol–water partition coefficient (Wildman–Crippen LogP) is 6.09. The smallest absolute Gasteiger partial charge is 0.129 e.